The molecule has 0 atom stereocenters. The van der Waals surface area contributed by atoms with Crippen LogP contribution in [0, 0.1) is 11.3 Å². The Bertz CT molecular complexity index is 516. The first-order valence-electron chi connectivity index (χ1n) is 4.19. The summed E-state index contributed by atoms with van der Waals surface area (Å²) in [5.41, 5.74) is -0.580. The predicted molar refractivity (Wildman–Crippen MR) is 53.3 cm³/mol. The molecule has 6 nitrogen and oxygen atoms in total. The summed E-state index contributed by atoms with van der Waals surface area (Å²) in [6.45, 7) is 5.32. The number of rotatable bonds is 1. The van der Waals surface area contributed by atoms with Gasteiger partial charge < -0.3 is 0 Å². The highest BCUT2D eigenvalue weighted by Crippen LogP contribution is 2.21. The van der Waals surface area contributed by atoms with Crippen molar-refractivity contribution in [3.8, 4) is 6.07 Å². The van der Waals surface area contributed by atoms with Crippen LogP contribution in [0.5, 0.6) is 0 Å². The standard InChI is InChI=1S/C8H12N4O2S/c1-8(2,3)12-7(15(10,13)14)6(4-9)5-11-12/h5H,1-3H3,(H2,10,13,14). The number of sulfonamides is 1. The maximum atomic E-state index is 11.3. The quantitative estimate of drug-likeness (QED) is 0.739. The number of hydrogen-bond acceptors (Lipinski definition) is 4. The van der Waals surface area contributed by atoms with Crippen LogP contribution >= 0.6 is 0 Å². The Labute approximate surface area is 88.4 Å². The SMILES string of the molecule is CC(C)(C)n1ncc(C#N)c1S(N)(=O)=O. The Morgan fingerprint density at radius 2 is 2.07 bits per heavy atom. The lowest BCUT2D eigenvalue weighted by molar-refractivity contribution is 0.325. The molecule has 7 heteroatoms. The fourth-order valence-corrected chi connectivity index (χ4v) is 2.13. The van der Waals surface area contributed by atoms with Crippen molar-refractivity contribution in [1.29, 1.82) is 5.26 Å². The van der Waals surface area contributed by atoms with E-state index in [9.17, 15) is 8.42 Å². The Hall–Kier alpha value is -1.39. The molecule has 0 spiro atoms. The molecule has 0 amide bonds. The molecule has 1 aromatic rings. The Morgan fingerprint density at radius 1 is 1.53 bits per heavy atom. The number of aromatic nitrogens is 2. The molecule has 0 radical (unpaired) electrons. The van der Waals surface area contributed by atoms with Crippen LogP contribution in [-0.2, 0) is 15.6 Å². The molecule has 0 saturated heterocycles. The highest BCUT2D eigenvalue weighted by atomic mass is 32.2. The van der Waals surface area contributed by atoms with Gasteiger partial charge in [-0.1, -0.05) is 0 Å². The maximum Gasteiger partial charge on any atom is 0.256 e. The zero-order chi connectivity index (χ0) is 11.9. The largest absolute Gasteiger partial charge is 0.256 e. The molecule has 0 fully saturated rings. The summed E-state index contributed by atoms with van der Waals surface area (Å²) in [7, 11) is -3.94. The molecular weight excluding hydrogens is 216 g/mol. The van der Waals surface area contributed by atoms with Crippen molar-refractivity contribution in [2.24, 2.45) is 5.14 Å². The van der Waals surface area contributed by atoms with Gasteiger partial charge in [0.05, 0.1) is 11.7 Å². The molecule has 0 bridgehead atoms. The average Bonchev–Trinajstić information content (AvgIpc) is 2.44. The maximum absolute atomic E-state index is 11.3. The lowest BCUT2D eigenvalue weighted by atomic mass is 10.1. The van der Waals surface area contributed by atoms with Crippen molar-refractivity contribution >= 4 is 10.0 Å². The molecule has 1 heterocycles. The van der Waals surface area contributed by atoms with Gasteiger partial charge in [-0.3, -0.25) is 0 Å². The molecule has 15 heavy (non-hydrogen) atoms. The van der Waals surface area contributed by atoms with Crippen LogP contribution in [-0.4, -0.2) is 18.2 Å². The summed E-state index contributed by atoms with van der Waals surface area (Å²) in [4.78, 5) is 0. The van der Waals surface area contributed by atoms with Gasteiger partial charge in [0, 0.05) is 0 Å². The van der Waals surface area contributed by atoms with E-state index in [0.717, 1.165) is 0 Å². The third kappa shape index (κ3) is 2.16. The molecule has 0 aliphatic rings. The molecule has 82 valence electrons. The van der Waals surface area contributed by atoms with Crippen molar-refractivity contribution in [3.63, 3.8) is 0 Å². The summed E-state index contributed by atoms with van der Waals surface area (Å²) >= 11 is 0. The van der Waals surface area contributed by atoms with Crippen molar-refractivity contribution in [3.05, 3.63) is 11.8 Å². The lowest BCUT2D eigenvalue weighted by Gasteiger charge is -2.21. The highest BCUT2D eigenvalue weighted by molar-refractivity contribution is 7.89. The fraction of sp³-hybridized carbons (Fsp3) is 0.500. The predicted octanol–water partition coefficient (Wildman–Crippen LogP) is 0.157. The monoisotopic (exact) mass is 228 g/mol. The van der Waals surface area contributed by atoms with E-state index < -0.39 is 15.6 Å². The van der Waals surface area contributed by atoms with E-state index in [0.29, 0.717) is 0 Å². The molecule has 0 unspecified atom stereocenters. The molecule has 2 N–H and O–H groups in total. The fourth-order valence-electron chi connectivity index (χ4n) is 1.17. The van der Waals surface area contributed by atoms with Gasteiger partial charge in [0.25, 0.3) is 10.0 Å². The van der Waals surface area contributed by atoms with Crippen molar-refractivity contribution in [2.45, 2.75) is 31.3 Å². The molecule has 0 aromatic carbocycles. The minimum absolute atomic E-state index is 0.0348. The molecule has 0 saturated carbocycles. The molecular formula is C8H12N4O2S. The Morgan fingerprint density at radius 3 is 2.40 bits per heavy atom. The van der Waals surface area contributed by atoms with Crippen LogP contribution in [0.4, 0.5) is 0 Å². The minimum atomic E-state index is -3.94. The van der Waals surface area contributed by atoms with Gasteiger partial charge in [-0.15, -0.1) is 0 Å². The Kier molecular flexibility index (Phi) is 2.59. The van der Waals surface area contributed by atoms with E-state index in [2.05, 4.69) is 5.10 Å². The van der Waals surface area contributed by atoms with Gasteiger partial charge in [-0.2, -0.15) is 10.4 Å². The summed E-state index contributed by atoms with van der Waals surface area (Å²) < 4.78 is 23.9. The number of hydrogen-bond donors (Lipinski definition) is 1. The zero-order valence-corrected chi connectivity index (χ0v) is 9.54. The summed E-state index contributed by atoms with van der Waals surface area (Å²) in [6.07, 6.45) is 1.20. The number of primary sulfonamides is 1. The topological polar surface area (TPSA) is 102 Å². The lowest BCUT2D eigenvalue weighted by Crippen LogP contribution is -2.29. The van der Waals surface area contributed by atoms with Gasteiger partial charge in [0.15, 0.2) is 5.03 Å². The second-order valence-corrected chi connectivity index (χ2v) is 5.58. The first-order chi connectivity index (χ1) is 6.68. The van der Waals surface area contributed by atoms with Crippen LogP contribution in [0.3, 0.4) is 0 Å². The van der Waals surface area contributed by atoms with Crippen LogP contribution in [0.1, 0.15) is 26.3 Å². The van der Waals surface area contributed by atoms with E-state index in [1.54, 1.807) is 26.8 Å². The van der Waals surface area contributed by atoms with E-state index in [4.69, 9.17) is 10.4 Å². The van der Waals surface area contributed by atoms with Crippen LogP contribution in [0.2, 0.25) is 0 Å². The molecule has 1 rings (SSSR count). The van der Waals surface area contributed by atoms with E-state index in [1.165, 1.54) is 10.9 Å². The van der Waals surface area contributed by atoms with Crippen LogP contribution in [0.25, 0.3) is 0 Å². The van der Waals surface area contributed by atoms with Crippen LogP contribution < -0.4 is 5.14 Å². The highest BCUT2D eigenvalue weighted by Gasteiger charge is 2.27. The van der Waals surface area contributed by atoms with Gasteiger partial charge in [-0.25, -0.2) is 18.2 Å². The van der Waals surface area contributed by atoms with Gasteiger partial charge >= 0.3 is 0 Å². The zero-order valence-electron chi connectivity index (χ0n) is 8.72. The second-order valence-electron chi connectivity index (χ2n) is 4.10. The summed E-state index contributed by atoms with van der Waals surface area (Å²) in [6, 6.07) is 1.75. The normalized spacial score (nSPS) is 12.5. The molecule has 1 aromatic heterocycles. The third-order valence-corrected chi connectivity index (χ3v) is 2.68. The van der Waals surface area contributed by atoms with E-state index in [-0.39, 0.29) is 10.6 Å². The first-order valence-corrected chi connectivity index (χ1v) is 5.74. The number of nitrogens with zero attached hydrogens (tertiary/aromatic N) is 3. The van der Waals surface area contributed by atoms with E-state index >= 15 is 0 Å². The van der Waals surface area contributed by atoms with Crippen molar-refractivity contribution < 1.29 is 8.42 Å². The summed E-state index contributed by atoms with van der Waals surface area (Å²) in [5.74, 6) is 0. The van der Waals surface area contributed by atoms with Crippen LogP contribution in [0.15, 0.2) is 11.2 Å². The van der Waals surface area contributed by atoms with Gasteiger partial charge in [0.1, 0.15) is 11.6 Å². The number of nitrogens with two attached hydrogens (primary N) is 1. The average molecular weight is 228 g/mol. The van der Waals surface area contributed by atoms with Gasteiger partial charge in [0.2, 0.25) is 0 Å². The smallest absolute Gasteiger partial charge is 0.246 e. The minimum Gasteiger partial charge on any atom is -0.246 e. The third-order valence-electron chi connectivity index (χ3n) is 1.75. The summed E-state index contributed by atoms with van der Waals surface area (Å²) in [5, 5.41) is 17.4. The van der Waals surface area contributed by atoms with E-state index in [1.807, 2.05) is 0 Å². The number of nitriles is 1. The van der Waals surface area contributed by atoms with Crippen molar-refractivity contribution in [1.82, 2.24) is 9.78 Å². The first kappa shape index (κ1) is 11.7. The van der Waals surface area contributed by atoms with Gasteiger partial charge in [-0.05, 0) is 20.8 Å². The Balaban J connectivity index is 3.61. The molecule has 0 aliphatic carbocycles. The molecule has 0 aliphatic heterocycles. The second kappa shape index (κ2) is 3.32. The van der Waals surface area contributed by atoms with Crippen molar-refractivity contribution in [2.75, 3.05) is 0 Å².